The highest BCUT2D eigenvalue weighted by Crippen LogP contribution is 2.30. The van der Waals surface area contributed by atoms with Gasteiger partial charge in [0.1, 0.15) is 0 Å². The molecule has 0 heterocycles. The number of aliphatic carboxylic acids is 1. The van der Waals surface area contributed by atoms with E-state index in [4.69, 9.17) is 5.11 Å². The smallest absolute Gasteiger partial charge is 0.328 e. The van der Waals surface area contributed by atoms with Crippen LogP contribution < -0.4 is 0 Å². The van der Waals surface area contributed by atoms with Crippen LogP contribution in [0.1, 0.15) is 32.6 Å². The maximum atomic E-state index is 10.2. The quantitative estimate of drug-likeness (QED) is 0.535. The summed E-state index contributed by atoms with van der Waals surface area (Å²) in [5, 5.41) is 8.38. The van der Waals surface area contributed by atoms with Crippen molar-refractivity contribution in [1.29, 1.82) is 0 Å². The van der Waals surface area contributed by atoms with E-state index in [1.165, 1.54) is 37.3 Å². The lowest BCUT2D eigenvalue weighted by atomic mass is 9.99. The summed E-state index contributed by atoms with van der Waals surface area (Å²) in [6.07, 6.45) is 9.89. The molecule has 0 atom stereocenters. The third kappa shape index (κ3) is 3.45. The largest absolute Gasteiger partial charge is 0.478 e. The van der Waals surface area contributed by atoms with Gasteiger partial charge < -0.3 is 5.11 Å². The molecule has 0 radical (unpaired) electrons. The molecule has 0 unspecified atom stereocenters. The molecule has 0 aromatic rings. The fourth-order valence-corrected chi connectivity index (χ4v) is 1.80. The van der Waals surface area contributed by atoms with Crippen molar-refractivity contribution in [3.8, 4) is 0 Å². The first kappa shape index (κ1) is 10.0. The fourth-order valence-electron chi connectivity index (χ4n) is 1.80. The van der Waals surface area contributed by atoms with Crippen molar-refractivity contribution in [3.63, 3.8) is 0 Å². The van der Waals surface area contributed by atoms with Gasteiger partial charge in [-0.15, -0.1) is 0 Å². The van der Waals surface area contributed by atoms with Crippen molar-refractivity contribution in [2.75, 3.05) is 0 Å². The normalized spacial score (nSPS) is 19.9. The second-order valence-electron chi connectivity index (χ2n) is 3.59. The molecule has 0 bridgehead atoms. The van der Waals surface area contributed by atoms with Crippen molar-refractivity contribution >= 4 is 5.97 Å². The Balaban J connectivity index is 2.45. The van der Waals surface area contributed by atoms with E-state index >= 15 is 0 Å². The zero-order chi connectivity index (χ0) is 9.68. The Morgan fingerprint density at radius 2 is 2.00 bits per heavy atom. The van der Waals surface area contributed by atoms with Gasteiger partial charge in [-0.1, -0.05) is 30.6 Å². The van der Waals surface area contributed by atoms with Gasteiger partial charge in [-0.25, -0.2) is 4.79 Å². The summed E-state index contributed by atoms with van der Waals surface area (Å²) in [5.41, 5.74) is 1.31. The molecule has 1 aliphatic rings. The van der Waals surface area contributed by atoms with Gasteiger partial charge in [0.05, 0.1) is 0 Å². The van der Waals surface area contributed by atoms with Crippen LogP contribution >= 0.6 is 0 Å². The average molecular weight is 180 g/mol. The van der Waals surface area contributed by atoms with Crippen LogP contribution in [0.5, 0.6) is 0 Å². The second kappa shape index (κ2) is 4.85. The number of carboxylic acid groups (broad SMARTS) is 1. The van der Waals surface area contributed by atoms with E-state index in [1.807, 2.05) is 6.08 Å². The van der Waals surface area contributed by atoms with E-state index in [2.05, 4.69) is 6.92 Å². The van der Waals surface area contributed by atoms with Crippen LogP contribution in [0.25, 0.3) is 0 Å². The number of rotatable bonds is 3. The summed E-state index contributed by atoms with van der Waals surface area (Å²) < 4.78 is 0. The van der Waals surface area contributed by atoms with E-state index in [0.717, 1.165) is 0 Å². The molecule has 1 N–H and O–H groups in total. The van der Waals surface area contributed by atoms with Gasteiger partial charge in [0.15, 0.2) is 0 Å². The van der Waals surface area contributed by atoms with Gasteiger partial charge in [0.25, 0.3) is 0 Å². The standard InChI is InChI=1S/C11H16O2/c1-9(5-4-8-11(12)13)10-6-2-3-7-10/h4-5,8,10H,2-3,6-7H2,1H3,(H,12,13)/b8-4+,9-5+. The minimum Gasteiger partial charge on any atom is -0.478 e. The highest BCUT2D eigenvalue weighted by molar-refractivity contribution is 5.80. The predicted molar refractivity (Wildman–Crippen MR) is 52.5 cm³/mol. The molecule has 0 amide bonds. The summed E-state index contributed by atoms with van der Waals surface area (Å²) in [6.45, 7) is 2.09. The number of hydrogen-bond donors (Lipinski definition) is 1. The molecule has 1 saturated carbocycles. The molecule has 2 nitrogen and oxygen atoms in total. The van der Waals surface area contributed by atoms with Gasteiger partial charge >= 0.3 is 5.97 Å². The Kier molecular flexibility index (Phi) is 3.74. The molecular formula is C11H16O2. The lowest BCUT2D eigenvalue weighted by Gasteiger charge is -2.07. The highest BCUT2D eigenvalue weighted by Gasteiger charge is 2.15. The molecule has 0 saturated heterocycles. The zero-order valence-electron chi connectivity index (χ0n) is 7.99. The molecule has 1 rings (SSSR count). The minimum absolute atomic E-state index is 0.693. The van der Waals surface area contributed by atoms with Crippen molar-refractivity contribution in [2.24, 2.45) is 5.92 Å². The lowest BCUT2D eigenvalue weighted by Crippen LogP contribution is -1.93. The number of hydrogen-bond acceptors (Lipinski definition) is 1. The number of carbonyl (C=O) groups is 1. The third-order valence-corrected chi connectivity index (χ3v) is 2.60. The number of allylic oxidation sites excluding steroid dienone is 3. The zero-order valence-corrected chi connectivity index (χ0v) is 7.99. The number of carboxylic acids is 1. The van der Waals surface area contributed by atoms with Crippen molar-refractivity contribution in [3.05, 3.63) is 23.8 Å². The van der Waals surface area contributed by atoms with Gasteiger partial charge in [-0.05, 0) is 25.7 Å². The summed E-state index contributed by atoms with van der Waals surface area (Å²) in [6, 6.07) is 0. The molecule has 0 spiro atoms. The Morgan fingerprint density at radius 3 is 2.54 bits per heavy atom. The molecule has 1 aliphatic carbocycles. The Bertz CT molecular complexity index is 232. The summed E-state index contributed by atoms with van der Waals surface area (Å²) in [4.78, 5) is 10.2. The van der Waals surface area contributed by atoms with Crippen LogP contribution in [0.4, 0.5) is 0 Å². The summed E-state index contributed by atoms with van der Waals surface area (Å²) >= 11 is 0. The average Bonchev–Trinajstić information content (AvgIpc) is 2.55. The van der Waals surface area contributed by atoms with Crippen molar-refractivity contribution in [2.45, 2.75) is 32.6 Å². The maximum absolute atomic E-state index is 10.2. The second-order valence-corrected chi connectivity index (χ2v) is 3.59. The van der Waals surface area contributed by atoms with Crippen molar-refractivity contribution < 1.29 is 9.90 Å². The summed E-state index contributed by atoms with van der Waals surface area (Å²) in [7, 11) is 0. The Labute approximate surface area is 79.0 Å². The molecule has 0 aromatic heterocycles. The molecule has 0 aromatic carbocycles. The van der Waals surface area contributed by atoms with Gasteiger partial charge in [-0.3, -0.25) is 0 Å². The first-order valence-corrected chi connectivity index (χ1v) is 4.78. The monoisotopic (exact) mass is 180 g/mol. The molecule has 72 valence electrons. The Morgan fingerprint density at radius 1 is 1.38 bits per heavy atom. The van der Waals surface area contributed by atoms with Gasteiger partial charge in [-0.2, -0.15) is 0 Å². The van der Waals surface area contributed by atoms with Crippen LogP contribution in [0.15, 0.2) is 23.8 Å². The van der Waals surface area contributed by atoms with Crippen LogP contribution in [0, 0.1) is 5.92 Å². The predicted octanol–water partition coefficient (Wildman–Crippen LogP) is 2.76. The minimum atomic E-state index is -0.879. The van der Waals surface area contributed by atoms with Crippen LogP contribution in [-0.4, -0.2) is 11.1 Å². The molecule has 0 aliphatic heterocycles. The first-order valence-electron chi connectivity index (χ1n) is 4.78. The topological polar surface area (TPSA) is 37.3 Å². The van der Waals surface area contributed by atoms with E-state index < -0.39 is 5.97 Å². The molecule has 2 heteroatoms. The SMILES string of the molecule is C/C(=C\C=C\C(=O)O)C1CCCC1. The highest BCUT2D eigenvalue weighted by atomic mass is 16.4. The van der Waals surface area contributed by atoms with Crippen LogP contribution in [-0.2, 0) is 4.79 Å². The molecular weight excluding hydrogens is 164 g/mol. The lowest BCUT2D eigenvalue weighted by molar-refractivity contribution is -0.131. The van der Waals surface area contributed by atoms with Crippen molar-refractivity contribution in [1.82, 2.24) is 0 Å². The van der Waals surface area contributed by atoms with Crippen LogP contribution in [0.2, 0.25) is 0 Å². The van der Waals surface area contributed by atoms with E-state index in [1.54, 1.807) is 6.08 Å². The van der Waals surface area contributed by atoms with Crippen LogP contribution in [0.3, 0.4) is 0 Å². The Hall–Kier alpha value is -1.05. The van der Waals surface area contributed by atoms with E-state index in [0.29, 0.717) is 5.92 Å². The summed E-state index contributed by atoms with van der Waals surface area (Å²) in [5.74, 6) is -0.186. The van der Waals surface area contributed by atoms with E-state index in [9.17, 15) is 4.79 Å². The molecule has 13 heavy (non-hydrogen) atoms. The van der Waals surface area contributed by atoms with Gasteiger partial charge in [0.2, 0.25) is 0 Å². The third-order valence-electron chi connectivity index (χ3n) is 2.60. The first-order chi connectivity index (χ1) is 6.20. The maximum Gasteiger partial charge on any atom is 0.328 e. The molecule has 1 fully saturated rings. The van der Waals surface area contributed by atoms with E-state index in [-0.39, 0.29) is 0 Å². The fraction of sp³-hybridized carbons (Fsp3) is 0.545. The van der Waals surface area contributed by atoms with Gasteiger partial charge in [0, 0.05) is 6.08 Å².